The van der Waals surface area contributed by atoms with Crippen LogP contribution in [0, 0.1) is 0 Å². The minimum Gasteiger partial charge on any atom is -0.456 e. The van der Waals surface area contributed by atoms with E-state index in [1.54, 1.807) is 37.3 Å². The van der Waals surface area contributed by atoms with Gasteiger partial charge in [-0.15, -0.1) is 0 Å². The fourth-order valence-electron chi connectivity index (χ4n) is 1.76. The highest BCUT2D eigenvalue weighted by molar-refractivity contribution is 8.03. The van der Waals surface area contributed by atoms with Crippen molar-refractivity contribution in [2.45, 2.75) is 19.1 Å². The summed E-state index contributed by atoms with van der Waals surface area (Å²) in [6.07, 6.45) is -2.31. The molecule has 0 amide bonds. The predicted octanol–water partition coefficient (Wildman–Crippen LogP) is 0.323. The van der Waals surface area contributed by atoms with Gasteiger partial charge in [-0.05, 0) is 12.5 Å². The van der Waals surface area contributed by atoms with Crippen LogP contribution < -0.4 is 0 Å². The van der Waals surface area contributed by atoms with E-state index in [1.807, 2.05) is 0 Å². The van der Waals surface area contributed by atoms with Gasteiger partial charge in [-0.25, -0.2) is 4.79 Å². The predicted molar refractivity (Wildman–Crippen MR) is 74.5 cm³/mol. The largest absolute Gasteiger partial charge is 0.456 e. The van der Waals surface area contributed by atoms with Gasteiger partial charge in [0.2, 0.25) is 5.08 Å². The van der Waals surface area contributed by atoms with Crippen LogP contribution in [0.25, 0.3) is 0 Å². The Morgan fingerprint density at radius 3 is 2.45 bits per heavy atom. The number of carbonyl (C=O) groups is 1. The van der Waals surface area contributed by atoms with Crippen molar-refractivity contribution in [2.75, 3.05) is 11.7 Å². The third-order valence-corrected chi connectivity index (χ3v) is 6.11. The van der Waals surface area contributed by atoms with Crippen molar-refractivity contribution in [1.29, 1.82) is 0 Å². The van der Waals surface area contributed by atoms with Crippen LogP contribution in [0.3, 0.4) is 0 Å². The van der Waals surface area contributed by atoms with Gasteiger partial charge in [-0.3, -0.25) is 8.37 Å². The zero-order chi connectivity index (χ0) is 16.4. The zero-order valence-electron chi connectivity index (χ0n) is 11.5. The maximum Gasteiger partial charge on any atom is 0.339 e. The number of ether oxygens (including phenoxy) is 1. The molecule has 2 unspecified atom stereocenters. The summed E-state index contributed by atoms with van der Waals surface area (Å²) in [5.74, 6) is -1.02. The molecule has 0 aliphatic carbocycles. The van der Waals surface area contributed by atoms with Crippen molar-refractivity contribution in [3.8, 4) is 0 Å². The van der Waals surface area contributed by atoms with Gasteiger partial charge >= 0.3 is 5.97 Å². The summed E-state index contributed by atoms with van der Waals surface area (Å²) in [5, 5.41) is -1.34. The highest BCUT2D eigenvalue weighted by Crippen LogP contribution is 2.20. The molecule has 1 saturated heterocycles. The second kappa shape index (κ2) is 6.32. The zero-order valence-corrected chi connectivity index (χ0v) is 13.2. The van der Waals surface area contributed by atoms with E-state index in [9.17, 15) is 21.6 Å². The summed E-state index contributed by atoms with van der Waals surface area (Å²) in [6, 6.07) is 8.74. The fourth-order valence-corrected chi connectivity index (χ4v) is 4.49. The highest BCUT2D eigenvalue weighted by atomic mass is 32.3. The van der Waals surface area contributed by atoms with Crippen molar-refractivity contribution in [2.24, 2.45) is 0 Å². The lowest BCUT2D eigenvalue weighted by Crippen LogP contribution is -2.32. The van der Waals surface area contributed by atoms with E-state index in [0.29, 0.717) is 5.56 Å². The van der Waals surface area contributed by atoms with Crippen molar-refractivity contribution < 1.29 is 34.7 Å². The minimum atomic E-state index is -4.44. The molecule has 2 rings (SSSR count). The Morgan fingerprint density at radius 2 is 1.82 bits per heavy atom. The van der Waals surface area contributed by atoms with Gasteiger partial charge in [0.1, 0.15) is 12.7 Å². The van der Waals surface area contributed by atoms with E-state index in [0.717, 1.165) is 0 Å². The molecule has 1 heterocycles. The van der Waals surface area contributed by atoms with Gasteiger partial charge in [0.25, 0.3) is 20.2 Å². The average Bonchev–Trinajstić information content (AvgIpc) is 2.54. The first-order valence-electron chi connectivity index (χ1n) is 6.22. The molecule has 1 fully saturated rings. The second-order valence-electron chi connectivity index (χ2n) is 4.59. The molecule has 1 aliphatic rings. The van der Waals surface area contributed by atoms with Crippen LogP contribution in [0.1, 0.15) is 18.6 Å². The molecule has 0 bridgehead atoms. The third-order valence-electron chi connectivity index (χ3n) is 2.78. The van der Waals surface area contributed by atoms with Gasteiger partial charge in [0, 0.05) is 0 Å². The van der Waals surface area contributed by atoms with E-state index in [4.69, 9.17) is 4.74 Å². The molecule has 0 radical (unpaired) electrons. The topological polar surface area (TPSA) is 113 Å². The first kappa shape index (κ1) is 16.9. The number of benzene rings is 1. The molecule has 0 spiro atoms. The van der Waals surface area contributed by atoms with E-state index in [2.05, 4.69) is 8.37 Å². The highest BCUT2D eigenvalue weighted by Gasteiger charge is 2.37. The lowest BCUT2D eigenvalue weighted by Gasteiger charge is -2.17. The van der Waals surface area contributed by atoms with Gasteiger partial charge in [0.05, 0.1) is 0 Å². The summed E-state index contributed by atoms with van der Waals surface area (Å²) in [5.41, 5.74) is 0.695. The van der Waals surface area contributed by atoms with Crippen molar-refractivity contribution in [3.05, 3.63) is 35.9 Å². The molecule has 1 aromatic rings. The normalized spacial score (nSPS) is 24.9. The van der Waals surface area contributed by atoms with Crippen LogP contribution in [0.4, 0.5) is 0 Å². The molecule has 0 N–H and O–H groups in total. The quantitative estimate of drug-likeness (QED) is 0.566. The van der Waals surface area contributed by atoms with Crippen LogP contribution in [0.2, 0.25) is 0 Å². The van der Waals surface area contributed by atoms with E-state index in [1.165, 1.54) is 0 Å². The standard InChI is InChI=1S/C12H14O8S2/c1-9(10-5-3-2-4-6-10)19-12(13)11-7-18-21(14,15)8-22(16,17)20-11/h2-6,9,11H,7-8H2,1H3. The minimum absolute atomic E-state index is 0.653. The van der Waals surface area contributed by atoms with Crippen LogP contribution in [-0.2, 0) is 38.1 Å². The molecule has 22 heavy (non-hydrogen) atoms. The SMILES string of the molecule is CC(OC(=O)C1COS(=O)(=O)CS(=O)(=O)O1)c1ccccc1. The smallest absolute Gasteiger partial charge is 0.339 e. The summed E-state index contributed by atoms with van der Waals surface area (Å²) < 4.78 is 59.5. The van der Waals surface area contributed by atoms with Crippen LogP contribution in [0.15, 0.2) is 30.3 Å². The Bertz CT molecular complexity index is 739. The van der Waals surface area contributed by atoms with Crippen LogP contribution in [-0.4, -0.2) is 40.6 Å². The lowest BCUT2D eigenvalue weighted by atomic mass is 10.1. The van der Waals surface area contributed by atoms with Crippen LogP contribution >= 0.6 is 0 Å². The number of rotatable bonds is 3. The maximum absolute atomic E-state index is 11.9. The Labute approximate surface area is 128 Å². The van der Waals surface area contributed by atoms with Crippen molar-refractivity contribution >= 4 is 26.2 Å². The first-order valence-corrected chi connectivity index (χ1v) is 9.37. The summed E-state index contributed by atoms with van der Waals surface area (Å²) in [7, 11) is -8.73. The van der Waals surface area contributed by atoms with Crippen molar-refractivity contribution in [3.63, 3.8) is 0 Å². The first-order chi connectivity index (χ1) is 10.2. The summed E-state index contributed by atoms with van der Waals surface area (Å²) in [4.78, 5) is 11.9. The molecule has 1 aliphatic heterocycles. The molecule has 0 aromatic heterocycles. The molecular weight excluding hydrogens is 336 g/mol. The fraction of sp³-hybridized carbons (Fsp3) is 0.417. The lowest BCUT2D eigenvalue weighted by molar-refractivity contribution is -0.158. The van der Waals surface area contributed by atoms with E-state index in [-0.39, 0.29) is 0 Å². The Kier molecular flexibility index (Phi) is 4.85. The Morgan fingerprint density at radius 1 is 1.18 bits per heavy atom. The number of hydrogen-bond donors (Lipinski definition) is 0. The molecule has 0 saturated carbocycles. The van der Waals surface area contributed by atoms with Crippen molar-refractivity contribution in [1.82, 2.24) is 0 Å². The second-order valence-corrected chi connectivity index (χ2v) is 8.19. The Hall–Kier alpha value is -1.49. The van der Waals surface area contributed by atoms with Gasteiger partial charge < -0.3 is 4.74 Å². The van der Waals surface area contributed by atoms with Gasteiger partial charge in [-0.2, -0.15) is 16.8 Å². The molecule has 10 heteroatoms. The molecule has 8 nitrogen and oxygen atoms in total. The number of esters is 1. The number of hydrogen-bond acceptors (Lipinski definition) is 8. The van der Waals surface area contributed by atoms with E-state index < -0.39 is 50.1 Å². The van der Waals surface area contributed by atoms with E-state index >= 15 is 0 Å². The molecule has 2 atom stereocenters. The van der Waals surface area contributed by atoms with Crippen LogP contribution in [0.5, 0.6) is 0 Å². The summed E-state index contributed by atoms with van der Waals surface area (Å²) >= 11 is 0. The van der Waals surface area contributed by atoms with Gasteiger partial charge in [-0.1, -0.05) is 30.3 Å². The monoisotopic (exact) mass is 350 g/mol. The average molecular weight is 350 g/mol. The molecular formula is C12H14O8S2. The summed E-state index contributed by atoms with van der Waals surface area (Å²) in [6.45, 7) is 0.845. The maximum atomic E-state index is 11.9. The third kappa shape index (κ3) is 4.50. The van der Waals surface area contributed by atoms with Gasteiger partial charge in [0.15, 0.2) is 6.10 Å². The Balaban J connectivity index is 2.09. The molecule has 1 aromatic carbocycles. The number of carbonyl (C=O) groups excluding carboxylic acids is 1. The molecule has 122 valence electrons.